The summed E-state index contributed by atoms with van der Waals surface area (Å²) in [5, 5.41) is 3.50. The highest BCUT2D eigenvalue weighted by molar-refractivity contribution is 5.52. The Bertz CT molecular complexity index is 390. The molecule has 0 saturated heterocycles. The van der Waals surface area contributed by atoms with Gasteiger partial charge in [-0.15, -0.1) is 0 Å². The molecular formula is C16H30N4. The minimum absolute atomic E-state index is 0.469. The molecule has 1 aromatic heterocycles. The molecule has 0 aliphatic heterocycles. The van der Waals surface area contributed by atoms with E-state index in [1.165, 1.54) is 11.3 Å². The number of pyridine rings is 1. The summed E-state index contributed by atoms with van der Waals surface area (Å²) in [4.78, 5) is 8.99. The van der Waals surface area contributed by atoms with E-state index in [2.05, 4.69) is 68.0 Å². The second-order valence-electron chi connectivity index (χ2n) is 5.94. The van der Waals surface area contributed by atoms with Crippen LogP contribution in [0.4, 0.5) is 5.69 Å². The first-order valence-corrected chi connectivity index (χ1v) is 7.53. The Balaban J connectivity index is 2.90. The average molecular weight is 278 g/mol. The Morgan fingerprint density at radius 3 is 2.50 bits per heavy atom. The van der Waals surface area contributed by atoms with Crippen LogP contribution < -0.4 is 10.2 Å². The Labute approximate surface area is 124 Å². The van der Waals surface area contributed by atoms with Crippen molar-refractivity contribution in [3.8, 4) is 0 Å². The number of likely N-dealkylation sites (N-methyl/N-ethyl adjacent to an activating group) is 2. The zero-order valence-corrected chi connectivity index (χ0v) is 13.8. The number of hydrogen-bond donors (Lipinski definition) is 1. The van der Waals surface area contributed by atoms with Crippen LogP contribution in [0.3, 0.4) is 0 Å². The van der Waals surface area contributed by atoms with Crippen LogP contribution >= 0.6 is 0 Å². The predicted molar refractivity (Wildman–Crippen MR) is 87.2 cm³/mol. The van der Waals surface area contributed by atoms with E-state index in [4.69, 9.17) is 0 Å². The van der Waals surface area contributed by atoms with Gasteiger partial charge in [0, 0.05) is 37.9 Å². The zero-order chi connectivity index (χ0) is 15.1. The first-order valence-electron chi connectivity index (χ1n) is 7.53. The van der Waals surface area contributed by atoms with Gasteiger partial charge in [-0.3, -0.25) is 4.98 Å². The Morgan fingerprint density at radius 2 is 1.95 bits per heavy atom. The number of nitrogens with one attached hydrogen (secondary N) is 1. The summed E-state index contributed by atoms with van der Waals surface area (Å²) in [5.74, 6) is 0. The van der Waals surface area contributed by atoms with Crippen LogP contribution in [0, 0.1) is 0 Å². The van der Waals surface area contributed by atoms with Crippen molar-refractivity contribution in [2.75, 3.05) is 32.1 Å². The first-order chi connectivity index (χ1) is 9.45. The lowest BCUT2D eigenvalue weighted by Gasteiger charge is -2.33. The van der Waals surface area contributed by atoms with Gasteiger partial charge in [-0.05, 0) is 39.6 Å². The van der Waals surface area contributed by atoms with Crippen molar-refractivity contribution in [2.24, 2.45) is 0 Å². The van der Waals surface area contributed by atoms with Crippen molar-refractivity contribution in [3.05, 3.63) is 24.0 Å². The van der Waals surface area contributed by atoms with Gasteiger partial charge < -0.3 is 15.1 Å². The smallest absolute Gasteiger partial charge is 0.0601 e. The summed E-state index contributed by atoms with van der Waals surface area (Å²) >= 11 is 0. The fourth-order valence-electron chi connectivity index (χ4n) is 2.48. The molecule has 0 saturated carbocycles. The summed E-state index contributed by atoms with van der Waals surface area (Å²) in [6.45, 7) is 11.8. The molecule has 1 N–H and O–H groups in total. The standard InChI is InChI=1S/C16H30N4/c1-7-20(14(4)12-19(5)6)16-11-17-9-8-15(16)10-18-13(2)3/h8-9,11,13-14,18H,7,10,12H2,1-6H3. The van der Waals surface area contributed by atoms with Crippen LogP contribution in [0.15, 0.2) is 18.5 Å². The Kier molecular flexibility index (Phi) is 6.96. The lowest BCUT2D eigenvalue weighted by Crippen LogP contribution is -2.41. The number of anilines is 1. The second-order valence-corrected chi connectivity index (χ2v) is 5.94. The summed E-state index contributed by atoms with van der Waals surface area (Å²) in [7, 11) is 4.24. The van der Waals surface area contributed by atoms with Crippen molar-refractivity contribution in [2.45, 2.75) is 46.3 Å². The van der Waals surface area contributed by atoms with Crippen molar-refractivity contribution < 1.29 is 0 Å². The van der Waals surface area contributed by atoms with Crippen LogP contribution in [-0.2, 0) is 6.54 Å². The normalized spacial score (nSPS) is 13.0. The Hall–Kier alpha value is -1.13. The summed E-state index contributed by atoms with van der Waals surface area (Å²) < 4.78 is 0. The number of nitrogens with zero attached hydrogens (tertiary/aromatic N) is 3. The molecule has 1 atom stereocenters. The van der Waals surface area contributed by atoms with E-state index in [1.807, 2.05) is 12.4 Å². The largest absolute Gasteiger partial charge is 0.366 e. The van der Waals surface area contributed by atoms with E-state index in [0.717, 1.165) is 19.6 Å². The summed E-state index contributed by atoms with van der Waals surface area (Å²) in [5.41, 5.74) is 2.57. The Morgan fingerprint density at radius 1 is 1.25 bits per heavy atom. The van der Waals surface area contributed by atoms with Crippen molar-refractivity contribution in [1.29, 1.82) is 0 Å². The van der Waals surface area contributed by atoms with Crippen LogP contribution in [0.1, 0.15) is 33.3 Å². The quantitative estimate of drug-likeness (QED) is 0.791. The van der Waals surface area contributed by atoms with Gasteiger partial charge >= 0.3 is 0 Å². The second kappa shape index (κ2) is 8.22. The van der Waals surface area contributed by atoms with Crippen LogP contribution in [-0.4, -0.2) is 49.2 Å². The summed E-state index contributed by atoms with van der Waals surface area (Å²) in [6, 6.07) is 3.08. The lowest BCUT2D eigenvalue weighted by molar-refractivity contribution is 0.372. The van der Waals surface area contributed by atoms with Gasteiger partial charge in [0.15, 0.2) is 0 Å². The van der Waals surface area contributed by atoms with E-state index >= 15 is 0 Å². The topological polar surface area (TPSA) is 31.4 Å². The fourth-order valence-corrected chi connectivity index (χ4v) is 2.48. The number of aromatic nitrogens is 1. The average Bonchev–Trinajstić information content (AvgIpc) is 2.37. The maximum Gasteiger partial charge on any atom is 0.0601 e. The molecule has 1 unspecified atom stereocenters. The molecule has 20 heavy (non-hydrogen) atoms. The molecule has 0 fully saturated rings. The molecule has 4 nitrogen and oxygen atoms in total. The highest BCUT2D eigenvalue weighted by Crippen LogP contribution is 2.21. The fraction of sp³-hybridized carbons (Fsp3) is 0.688. The van der Waals surface area contributed by atoms with E-state index in [9.17, 15) is 0 Å². The molecule has 0 amide bonds. The van der Waals surface area contributed by atoms with E-state index in [-0.39, 0.29) is 0 Å². The van der Waals surface area contributed by atoms with Crippen LogP contribution in [0.2, 0.25) is 0 Å². The molecule has 1 aromatic rings. The monoisotopic (exact) mass is 278 g/mol. The van der Waals surface area contributed by atoms with Crippen molar-refractivity contribution in [3.63, 3.8) is 0 Å². The minimum Gasteiger partial charge on any atom is -0.366 e. The lowest BCUT2D eigenvalue weighted by atomic mass is 10.1. The van der Waals surface area contributed by atoms with Crippen molar-refractivity contribution in [1.82, 2.24) is 15.2 Å². The molecule has 0 aliphatic rings. The third-order valence-electron chi connectivity index (χ3n) is 3.40. The molecule has 4 heteroatoms. The summed E-state index contributed by atoms with van der Waals surface area (Å²) in [6.07, 6.45) is 3.87. The van der Waals surface area contributed by atoms with Gasteiger partial charge in [-0.2, -0.15) is 0 Å². The van der Waals surface area contributed by atoms with E-state index in [1.54, 1.807) is 0 Å². The highest BCUT2D eigenvalue weighted by Gasteiger charge is 2.16. The number of hydrogen-bond acceptors (Lipinski definition) is 4. The number of rotatable bonds is 8. The molecular weight excluding hydrogens is 248 g/mol. The molecule has 0 radical (unpaired) electrons. The molecule has 1 heterocycles. The van der Waals surface area contributed by atoms with Gasteiger partial charge in [0.05, 0.1) is 11.9 Å². The van der Waals surface area contributed by atoms with E-state index < -0.39 is 0 Å². The molecule has 1 rings (SSSR count). The molecule has 0 spiro atoms. The highest BCUT2D eigenvalue weighted by atomic mass is 15.2. The van der Waals surface area contributed by atoms with Gasteiger partial charge in [-0.25, -0.2) is 0 Å². The zero-order valence-electron chi connectivity index (χ0n) is 13.8. The van der Waals surface area contributed by atoms with E-state index in [0.29, 0.717) is 12.1 Å². The van der Waals surface area contributed by atoms with Gasteiger partial charge in [0.1, 0.15) is 0 Å². The minimum atomic E-state index is 0.469. The van der Waals surface area contributed by atoms with Crippen LogP contribution in [0.5, 0.6) is 0 Å². The van der Waals surface area contributed by atoms with Gasteiger partial charge in [-0.1, -0.05) is 13.8 Å². The predicted octanol–water partition coefficient (Wildman–Crippen LogP) is 2.36. The van der Waals surface area contributed by atoms with Gasteiger partial charge in [0.2, 0.25) is 0 Å². The third-order valence-corrected chi connectivity index (χ3v) is 3.40. The van der Waals surface area contributed by atoms with Crippen LogP contribution in [0.25, 0.3) is 0 Å². The molecule has 114 valence electrons. The third kappa shape index (κ3) is 5.10. The molecule has 0 aliphatic carbocycles. The molecule has 0 bridgehead atoms. The van der Waals surface area contributed by atoms with Gasteiger partial charge in [0.25, 0.3) is 0 Å². The maximum absolute atomic E-state index is 4.32. The first kappa shape index (κ1) is 16.9. The SMILES string of the molecule is CCN(c1cnccc1CNC(C)C)C(C)CN(C)C. The molecule has 0 aromatic carbocycles. The van der Waals surface area contributed by atoms with Crippen molar-refractivity contribution >= 4 is 5.69 Å². The maximum atomic E-state index is 4.32.